The largest absolute Gasteiger partial charge is 0.356 e. The molecule has 1 atom stereocenters. The third kappa shape index (κ3) is 7.54. The average molecular weight is 638 g/mol. The molecule has 0 aromatic heterocycles. The Bertz CT molecular complexity index is 1710. The summed E-state index contributed by atoms with van der Waals surface area (Å²) in [5.74, 6) is 0.279. The number of fused-ring (bicyclic) bond motifs is 1. The van der Waals surface area contributed by atoms with Crippen LogP contribution in [0.3, 0.4) is 0 Å². The molecule has 4 aromatic carbocycles. The molecule has 7 heteroatoms. The van der Waals surface area contributed by atoms with E-state index >= 15 is 0 Å². The highest BCUT2D eigenvalue weighted by atomic mass is 32.2. The number of amides is 1. The zero-order chi connectivity index (χ0) is 32.0. The second-order valence-electron chi connectivity index (χ2n) is 13.6. The van der Waals surface area contributed by atoms with Crippen LogP contribution in [0.2, 0.25) is 0 Å². The summed E-state index contributed by atoms with van der Waals surface area (Å²) in [6.07, 6.45) is 9.38. The van der Waals surface area contributed by atoms with Crippen molar-refractivity contribution in [3.05, 3.63) is 114 Å². The maximum absolute atomic E-state index is 13.7. The first-order valence-electron chi connectivity index (χ1n) is 16.9. The van der Waals surface area contributed by atoms with Crippen molar-refractivity contribution in [1.29, 1.82) is 0 Å². The average Bonchev–Trinajstić information content (AvgIpc) is 3.63. The Morgan fingerprint density at radius 3 is 2.17 bits per heavy atom. The fraction of sp³-hybridized carbons (Fsp3) is 0.410. The molecule has 242 valence electrons. The van der Waals surface area contributed by atoms with Crippen molar-refractivity contribution >= 4 is 26.7 Å². The zero-order valence-corrected chi connectivity index (χ0v) is 27.8. The summed E-state index contributed by atoms with van der Waals surface area (Å²) >= 11 is 0. The molecule has 2 N–H and O–H groups in total. The lowest BCUT2D eigenvalue weighted by atomic mass is 9.72. The third-order valence-electron chi connectivity index (χ3n) is 10.4. The molecule has 1 unspecified atom stereocenters. The van der Waals surface area contributed by atoms with E-state index in [0.717, 1.165) is 48.4 Å². The Balaban J connectivity index is 1.10. The van der Waals surface area contributed by atoms with Crippen LogP contribution in [0.25, 0.3) is 10.8 Å². The molecule has 0 spiro atoms. The second-order valence-corrected chi connectivity index (χ2v) is 15.3. The summed E-state index contributed by atoms with van der Waals surface area (Å²) in [4.78, 5) is 16.5. The van der Waals surface area contributed by atoms with Crippen LogP contribution in [-0.4, -0.2) is 44.4 Å². The van der Waals surface area contributed by atoms with E-state index in [1.165, 1.54) is 37.9 Å². The zero-order valence-electron chi connectivity index (χ0n) is 27.0. The van der Waals surface area contributed by atoms with E-state index in [-0.39, 0.29) is 22.8 Å². The van der Waals surface area contributed by atoms with Crippen LogP contribution in [0.4, 0.5) is 0 Å². The topological polar surface area (TPSA) is 78.5 Å². The van der Waals surface area contributed by atoms with Gasteiger partial charge in [-0.1, -0.05) is 91.0 Å². The van der Waals surface area contributed by atoms with Crippen molar-refractivity contribution in [2.45, 2.75) is 80.7 Å². The molecule has 4 aromatic rings. The van der Waals surface area contributed by atoms with Crippen molar-refractivity contribution in [3.8, 4) is 0 Å². The number of sulfonamides is 1. The van der Waals surface area contributed by atoms with E-state index in [4.69, 9.17) is 0 Å². The highest BCUT2D eigenvalue weighted by Gasteiger charge is 2.41. The van der Waals surface area contributed by atoms with Crippen molar-refractivity contribution < 1.29 is 13.2 Å². The molecule has 1 aliphatic heterocycles. The normalized spacial score (nSPS) is 22.0. The molecular weight excluding hydrogens is 591 g/mol. The Morgan fingerprint density at radius 2 is 1.48 bits per heavy atom. The number of nitrogens with zero attached hydrogens (tertiary/aromatic N) is 1. The number of nitrogens with one attached hydrogen (secondary N) is 2. The molecule has 1 saturated heterocycles. The number of rotatable bonds is 12. The van der Waals surface area contributed by atoms with Crippen LogP contribution in [0.1, 0.15) is 69.4 Å². The number of carbonyl (C=O) groups excluding carboxylic acids is 1. The molecule has 0 bridgehead atoms. The summed E-state index contributed by atoms with van der Waals surface area (Å²) in [5, 5.41) is 5.02. The monoisotopic (exact) mass is 637 g/mol. The van der Waals surface area contributed by atoms with Crippen LogP contribution in [0, 0.1) is 5.92 Å². The lowest BCUT2D eigenvalue weighted by Crippen LogP contribution is -2.51. The summed E-state index contributed by atoms with van der Waals surface area (Å²) in [6, 6.07) is 33.1. The molecule has 1 aliphatic carbocycles. The molecule has 1 saturated carbocycles. The van der Waals surface area contributed by atoms with Gasteiger partial charge in [0.1, 0.15) is 0 Å². The first-order valence-corrected chi connectivity index (χ1v) is 18.4. The van der Waals surface area contributed by atoms with E-state index in [1.54, 1.807) is 19.1 Å². The Kier molecular flexibility index (Phi) is 9.92. The van der Waals surface area contributed by atoms with E-state index in [9.17, 15) is 13.2 Å². The summed E-state index contributed by atoms with van der Waals surface area (Å²) in [7, 11) is -3.92. The van der Waals surface area contributed by atoms with Crippen molar-refractivity contribution in [3.63, 3.8) is 0 Å². The molecule has 6 rings (SSSR count). The maximum Gasteiger partial charge on any atom is 0.241 e. The minimum Gasteiger partial charge on any atom is -0.356 e. The van der Waals surface area contributed by atoms with Gasteiger partial charge < -0.3 is 5.32 Å². The van der Waals surface area contributed by atoms with Gasteiger partial charge in [0.15, 0.2) is 0 Å². The van der Waals surface area contributed by atoms with E-state index in [1.807, 2.05) is 60.7 Å². The minimum absolute atomic E-state index is 0.00529. The summed E-state index contributed by atoms with van der Waals surface area (Å²) < 4.78 is 30.3. The van der Waals surface area contributed by atoms with Crippen LogP contribution in [0.15, 0.2) is 108 Å². The second kappa shape index (κ2) is 14.1. The number of hydrogen-bond donors (Lipinski definition) is 2. The van der Waals surface area contributed by atoms with Crippen LogP contribution in [0.5, 0.6) is 0 Å². The quantitative estimate of drug-likeness (QED) is 0.172. The third-order valence-corrected chi connectivity index (χ3v) is 12.0. The predicted octanol–water partition coefficient (Wildman–Crippen LogP) is 7.20. The number of carbonyl (C=O) groups is 1. The number of likely N-dealkylation sites (tertiary alicyclic amines) is 1. The molecule has 2 fully saturated rings. The van der Waals surface area contributed by atoms with E-state index < -0.39 is 15.6 Å². The van der Waals surface area contributed by atoms with Crippen molar-refractivity contribution in [2.24, 2.45) is 5.92 Å². The predicted molar refractivity (Wildman–Crippen MR) is 186 cm³/mol. The van der Waals surface area contributed by atoms with Crippen molar-refractivity contribution in [1.82, 2.24) is 14.9 Å². The van der Waals surface area contributed by atoms with Gasteiger partial charge in [0.2, 0.25) is 15.9 Å². The standard InChI is InChI=1S/C39H47N3O3S/c1-38(35-16-6-3-7-17-35,41-46(44,45)36-19-18-33-14-8-9-15-34(33)28-36)29-37(43)40-30-32-21-24-39(25-22-32,42-26-10-11-27-42)23-20-31-12-4-2-5-13-31/h2-9,12-19,28,32,41H,10-11,20-27,29-30H2,1H3,(H,40,43). The molecular formula is C39H47N3O3S. The van der Waals surface area contributed by atoms with Gasteiger partial charge in [-0.25, -0.2) is 13.1 Å². The molecule has 46 heavy (non-hydrogen) atoms. The Morgan fingerprint density at radius 1 is 0.848 bits per heavy atom. The van der Waals surface area contributed by atoms with Gasteiger partial charge >= 0.3 is 0 Å². The lowest BCUT2D eigenvalue weighted by Gasteiger charge is -2.47. The lowest BCUT2D eigenvalue weighted by molar-refractivity contribution is -0.122. The molecule has 2 aliphatic rings. The molecule has 6 nitrogen and oxygen atoms in total. The van der Waals surface area contributed by atoms with Gasteiger partial charge in [0, 0.05) is 18.5 Å². The minimum atomic E-state index is -3.92. The first kappa shape index (κ1) is 32.4. The van der Waals surface area contributed by atoms with Gasteiger partial charge in [-0.15, -0.1) is 0 Å². The summed E-state index contributed by atoms with van der Waals surface area (Å²) in [5.41, 5.74) is 1.29. The fourth-order valence-corrected chi connectivity index (χ4v) is 9.12. The number of benzene rings is 4. The van der Waals surface area contributed by atoms with Crippen LogP contribution < -0.4 is 10.0 Å². The molecule has 1 heterocycles. The van der Waals surface area contributed by atoms with Crippen LogP contribution >= 0.6 is 0 Å². The Hall–Kier alpha value is -3.52. The summed E-state index contributed by atoms with van der Waals surface area (Å²) in [6.45, 7) is 4.82. The smallest absolute Gasteiger partial charge is 0.241 e. The molecule has 1 amide bonds. The van der Waals surface area contributed by atoms with Crippen molar-refractivity contribution in [2.75, 3.05) is 19.6 Å². The number of hydrogen-bond acceptors (Lipinski definition) is 4. The first-order chi connectivity index (χ1) is 22.2. The highest BCUT2D eigenvalue weighted by Crippen LogP contribution is 2.41. The molecule has 0 radical (unpaired) electrons. The number of aryl methyl sites for hydroxylation is 1. The van der Waals surface area contributed by atoms with Gasteiger partial charge in [-0.05, 0) is 111 Å². The maximum atomic E-state index is 13.7. The SMILES string of the molecule is CC(CC(=O)NCC1CCC(CCc2ccccc2)(N2CCCC2)CC1)(NS(=O)(=O)c1ccc2ccccc2c1)c1ccccc1. The highest BCUT2D eigenvalue weighted by molar-refractivity contribution is 7.89. The van der Waals surface area contributed by atoms with Gasteiger partial charge in [-0.3, -0.25) is 9.69 Å². The van der Waals surface area contributed by atoms with Crippen LogP contribution in [-0.2, 0) is 26.8 Å². The van der Waals surface area contributed by atoms with Gasteiger partial charge in [0.05, 0.1) is 10.4 Å². The van der Waals surface area contributed by atoms with E-state index in [0.29, 0.717) is 12.5 Å². The van der Waals surface area contributed by atoms with Gasteiger partial charge in [-0.2, -0.15) is 0 Å². The Labute approximate surface area is 274 Å². The van der Waals surface area contributed by atoms with E-state index in [2.05, 4.69) is 45.3 Å². The fourth-order valence-electron chi connectivity index (χ4n) is 7.69. The van der Waals surface area contributed by atoms with Gasteiger partial charge in [0.25, 0.3) is 0 Å².